The fourth-order valence-electron chi connectivity index (χ4n) is 1.73. The van der Waals surface area contributed by atoms with Crippen LogP contribution in [-0.2, 0) is 0 Å². The second-order valence-corrected chi connectivity index (χ2v) is 4.52. The van der Waals surface area contributed by atoms with E-state index in [0.717, 1.165) is 21.9 Å². The molecule has 0 bridgehead atoms. The summed E-state index contributed by atoms with van der Waals surface area (Å²) < 4.78 is 3.10. The van der Waals surface area contributed by atoms with Gasteiger partial charge in [0.1, 0.15) is 12.2 Å². The van der Waals surface area contributed by atoms with Crippen molar-refractivity contribution in [2.45, 2.75) is 13.8 Å². The van der Waals surface area contributed by atoms with E-state index in [1.54, 1.807) is 23.9 Å². The summed E-state index contributed by atoms with van der Waals surface area (Å²) in [5.41, 5.74) is 2.23. The Bertz CT molecular complexity index is 653. The second kappa shape index (κ2) is 3.38. The number of aromatic nitrogens is 4. The molecule has 0 unspecified atom stereocenters. The van der Waals surface area contributed by atoms with Gasteiger partial charge in [0.05, 0.1) is 10.2 Å². The van der Waals surface area contributed by atoms with Gasteiger partial charge in [0.2, 0.25) is 0 Å². The van der Waals surface area contributed by atoms with E-state index in [1.807, 2.05) is 17.7 Å². The van der Waals surface area contributed by atoms with Gasteiger partial charge >= 0.3 is 0 Å². The number of imidazole rings is 1. The molecule has 0 spiro atoms. The quantitative estimate of drug-likeness (QED) is 0.645. The Labute approximate surface area is 96.6 Å². The van der Waals surface area contributed by atoms with Crippen LogP contribution < -0.4 is 0 Å². The van der Waals surface area contributed by atoms with Gasteiger partial charge in [0.25, 0.3) is 0 Å². The maximum absolute atomic E-state index is 4.35. The summed E-state index contributed by atoms with van der Waals surface area (Å²) in [5.74, 6) is 1.85. The maximum atomic E-state index is 4.35. The van der Waals surface area contributed by atoms with Crippen LogP contribution in [0.25, 0.3) is 16.0 Å². The maximum Gasteiger partial charge on any atom is 0.159 e. The van der Waals surface area contributed by atoms with Crippen LogP contribution in [0.4, 0.5) is 0 Å². The zero-order valence-corrected chi connectivity index (χ0v) is 9.82. The van der Waals surface area contributed by atoms with Crippen LogP contribution in [0, 0.1) is 13.8 Å². The minimum Gasteiger partial charge on any atom is -0.287 e. The number of nitrogens with zero attached hydrogens (tertiary/aromatic N) is 4. The first kappa shape index (κ1) is 9.47. The highest BCUT2D eigenvalue weighted by molar-refractivity contribution is 7.17. The molecule has 80 valence electrons. The minimum absolute atomic E-state index is 0.915. The van der Waals surface area contributed by atoms with E-state index in [2.05, 4.69) is 27.3 Å². The van der Waals surface area contributed by atoms with Crippen LogP contribution in [0.3, 0.4) is 0 Å². The third kappa shape index (κ3) is 1.25. The van der Waals surface area contributed by atoms with Crippen molar-refractivity contribution < 1.29 is 0 Å². The van der Waals surface area contributed by atoms with Gasteiger partial charge in [-0.1, -0.05) is 0 Å². The monoisotopic (exact) mass is 230 g/mol. The third-order valence-electron chi connectivity index (χ3n) is 2.57. The van der Waals surface area contributed by atoms with E-state index in [4.69, 9.17) is 0 Å². The fourth-order valence-corrected chi connectivity index (χ4v) is 2.72. The fraction of sp³-hybridized carbons (Fsp3) is 0.182. The molecule has 5 heteroatoms. The molecule has 0 aliphatic heterocycles. The van der Waals surface area contributed by atoms with Crippen molar-refractivity contribution in [3.8, 4) is 5.82 Å². The highest BCUT2D eigenvalue weighted by Crippen LogP contribution is 2.27. The Balaban J connectivity index is 2.36. The molecule has 3 heterocycles. The van der Waals surface area contributed by atoms with Gasteiger partial charge < -0.3 is 0 Å². The number of aryl methyl sites for hydroxylation is 2. The lowest BCUT2D eigenvalue weighted by atomic mass is 10.3. The molecule has 0 N–H and O–H groups in total. The normalized spacial score (nSPS) is 11.1. The number of hydrogen-bond donors (Lipinski definition) is 0. The van der Waals surface area contributed by atoms with E-state index in [1.165, 1.54) is 5.56 Å². The number of hydrogen-bond acceptors (Lipinski definition) is 4. The van der Waals surface area contributed by atoms with Crippen molar-refractivity contribution in [2.75, 3.05) is 0 Å². The van der Waals surface area contributed by atoms with Crippen LogP contribution in [0.5, 0.6) is 0 Å². The van der Waals surface area contributed by atoms with Crippen LogP contribution in [0.15, 0.2) is 24.1 Å². The molecule has 0 atom stereocenters. The lowest BCUT2D eigenvalue weighted by molar-refractivity contribution is 0.937. The molecule has 0 fully saturated rings. The first-order valence-electron chi connectivity index (χ1n) is 4.96. The molecule has 16 heavy (non-hydrogen) atoms. The summed E-state index contributed by atoms with van der Waals surface area (Å²) in [6.45, 7) is 4.03. The molecule has 3 rings (SSSR count). The smallest absolute Gasteiger partial charge is 0.159 e. The van der Waals surface area contributed by atoms with Crippen molar-refractivity contribution in [2.24, 2.45) is 0 Å². The predicted octanol–water partition coefficient (Wildman–Crippen LogP) is 2.49. The molecular weight excluding hydrogens is 220 g/mol. The molecule has 0 aliphatic rings. The van der Waals surface area contributed by atoms with Crippen molar-refractivity contribution in [3.63, 3.8) is 0 Å². The zero-order chi connectivity index (χ0) is 11.1. The zero-order valence-electron chi connectivity index (χ0n) is 9.01. The largest absolute Gasteiger partial charge is 0.287 e. The average molecular weight is 230 g/mol. The van der Waals surface area contributed by atoms with Crippen molar-refractivity contribution >= 4 is 21.6 Å². The summed E-state index contributed by atoms with van der Waals surface area (Å²) >= 11 is 1.67. The highest BCUT2D eigenvalue weighted by atomic mass is 32.1. The van der Waals surface area contributed by atoms with Gasteiger partial charge in [-0.25, -0.2) is 15.0 Å². The predicted molar refractivity (Wildman–Crippen MR) is 64.0 cm³/mol. The summed E-state index contributed by atoms with van der Waals surface area (Å²) in [7, 11) is 0. The lowest BCUT2D eigenvalue weighted by Gasteiger charge is -2.04. The van der Waals surface area contributed by atoms with Crippen LogP contribution in [-0.4, -0.2) is 19.5 Å². The van der Waals surface area contributed by atoms with E-state index < -0.39 is 0 Å². The first-order valence-corrected chi connectivity index (χ1v) is 5.84. The van der Waals surface area contributed by atoms with Gasteiger partial charge in [-0.2, -0.15) is 0 Å². The van der Waals surface area contributed by atoms with E-state index in [9.17, 15) is 0 Å². The minimum atomic E-state index is 0.915. The molecule has 0 aromatic carbocycles. The number of fused-ring (bicyclic) bond motifs is 1. The molecule has 0 saturated carbocycles. The molecule has 3 aromatic rings. The van der Waals surface area contributed by atoms with E-state index in [0.29, 0.717) is 0 Å². The molecule has 0 amide bonds. The van der Waals surface area contributed by atoms with E-state index in [-0.39, 0.29) is 0 Å². The SMILES string of the molecule is Cc1csc2c(-n3ccnc3C)ncnc12. The molecule has 0 saturated heterocycles. The Morgan fingerprint density at radius 3 is 2.81 bits per heavy atom. The average Bonchev–Trinajstić information content (AvgIpc) is 2.86. The standard InChI is InChI=1S/C11H10N4S/c1-7-5-16-10-9(7)13-6-14-11(10)15-4-3-12-8(15)2/h3-6H,1-2H3. The molecule has 0 radical (unpaired) electrons. The van der Waals surface area contributed by atoms with Crippen molar-refractivity contribution in [3.05, 3.63) is 35.5 Å². The van der Waals surface area contributed by atoms with Gasteiger partial charge in [0.15, 0.2) is 5.82 Å². The van der Waals surface area contributed by atoms with Gasteiger partial charge in [-0.3, -0.25) is 4.57 Å². The third-order valence-corrected chi connectivity index (χ3v) is 3.65. The van der Waals surface area contributed by atoms with E-state index >= 15 is 0 Å². The Kier molecular flexibility index (Phi) is 2.00. The van der Waals surface area contributed by atoms with Crippen LogP contribution in [0.1, 0.15) is 11.4 Å². The summed E-state index contributed by atoms with van der Waals surface area (Å²) in [6.07, 6.45) is 5.31. The van der Waals surface area contributed by atoms with Gasteiger partial charge in [-0.15, -0.1) is 11.3 Å². The van der Waals surface area contributed by atoms with Gasteiger partial charge in [0, 0.05) is 12.4 Å². The highest BCUT2D eigenvalue weighted by Gasteiger charge is 2.10. The first-order chi connectivity index (χ1) is 7.77. The lowest BCUT2D eigenvalue weighted by Crippen LogP contribution is -1.99. The number of thiophene rings is 1. The molecule has 4 nitrogen and oxygen atoms in total. The Morgan fingerprint density at radius 1 is 1.19 bits per heavy atom. The molecular formula is C11H10N4S. The van der Waals surface area contributed by atoms with Crippen LogP contribution in [0.2, 0.25) is 0 Å². The summed E-state index contributed by atoms with van der Waals surface area (Å²) in [6, 6.07) is 0. The number of rotatable bonds is 1. The van der Waals surface area contributed by atoms with Crippen molar-refractivity contribution in [1.29, 1.82) is 0 Å². The van der Waals surface area contributed by atoms with Crippen molar-refractivity contribution in [1.82, 2.24) is 19.5 Å². The topological polar surface area (TPSA) is 43.6 Å². The summed E-state index contributed by atoms with van der Waals surface area (Å²) in [4.78, 5) is 12.9. The Morgan fingerprint density at radius 2 is 2.06 bits per heavy atom. The molecule has 3 aromatic heterocycles. The Hall–Kier alpha value is -1.75. The molecule has 0 aliphatic carbocycles. The summed E-state index contributed by atoms with van der Waals surface area (Å²) in [5, 5.41) is 2.11. The van der Waals surface area contributed by atoms with Crippen LogP contribution >= 0.6 is 11.3 Å². The van der Waals surface area contributed by atoms with Gasteiger partial charge in [-0.05, 0) is 24.8 Å². The second-order valence-electron chi connectivity index (χ2n) is 3.64.